The van der Waals surface area contributed by atoms with Crippen LogP contribution in [0.3, 0.4) is 0 Å². The van der Waals surface area contributed by atoms with Gasteiger partial charge in [0.05, 0.1) is 41.4 Å². The number of hydrogen-bond donors (Lipinski definition) is 1. The molecule has 10 nitrogen and oxygen atoms in total. The monoisotopic (exact) mass is 614 g/mol. The van der Waals surface area contributed by atoms with E-state index in [1.54, 1.807) is 9.42 Å². The molecule has 4 aromatic rings. The number of aromatic nitrogens is 3. The molecule has 1 aliphatic carbocycles. The number of nitrogens with zero attached hydrogens (tertiary/aromatic N) is 8. The summed E-state index contributed by atoms with van der Waals surface area (Å²) < 4.78 is 17.2. The first-order valence-electron chi connectivity index (χ1n) is 15.2. The van der Waals surface area contributed by atoms with Gasteiger partial charge < -0.3 is 19.8 Å². The fourth-order valence-electron chi connectivity index (χ4n) is 6.22. The number of halogens is 1. The molecule has 1 saturated carbocycles. The summed E-state index contributed by atoms with van der Waals surface area (Å²) in [5.41, 5.74) is 5.81. The van der Waals surface area contributed by atoms with Gasteiger partial charge in [0.2, 0.25) is 5.91 Å². The number of hydrogen-bond acceptors (Lipinski definition) is 9. The first kappa shape index (κ1) is 28.7. The second-order valence-corrected chi connectivity index (χ2v) is 13.1. The molecule has 1 atom stereocenters. The molecule has 1 N–H and O–H groups in total. The minimum atomic E-state index is -0.430. The molecule has 2 aliphatic heterocycles. The molecule has 0 unspecified atom stereocenters. The number of piperazine rings is 1. The van der Waals surface area contributed by atoms with E-state index in [0.717, 1.165) is 40.9 Å². The molecule has 1 aromatic carbocycles. The highest BCUT2D eigenvalue weighted by molar-refractivity contribution is 7.16. The average molecular weight is 615 g/mol. The number of pyridine rings is 1. The Kier molecular flexibility index (Phi) is 7.48. The number of fused-ring (bicyclic) bond motifs is 1. The molecule has 0 radical (unpaired) electrons. The van der Waals surface area contributed by atoms with Gasteiger partial charge in [0.15, 0.2) is 10.9 Å². The predicted octanol–water partition coefficient (Wildman–Crippen LogP) is 4.14. The second kappa shape index (κ2) is 11.5. The first-order chi connectivity index (χ1) is 21.3. The summed E-state index contributed by atoms with van der Waals surface area (Å²) in [6.45, 7) is 5.82. The van der Waals surface area contributed by atoms with Crippen LogP contribution < -0.4 is 9.80 Å². The number of thiazole rings is 1. The van der Waals surface area contributed by atoms with Crippen LogP contribution in [0, 0.1) is 24.1 Å². The Morgan fingerprint density at radius 1 is 1.16 bits per heavy atom. The Bertz CT molecular complexity index is 1750. The molecular formula is C32H35FN8O2S. The van der Waals surface area contributed by atoms with Crippen LogP contribution in [0.15, 0.2) is 36.5 Å². The molecule has 5 heterocycles. The topological polar surface area (TPSA) is 104 Å². The van der Waals surface area contributed by atoms with Crippen LogP contribution in [-0.4, -0.2) is 94.4 Å². The van der Waals surface area contributed by atoms with Crippen molar-refractivity contribution in [2.75, 3.05) is 62.7 Å². The van der Waals surface area contributed by atoms with Crippen molar-refractivity contribution in [3.05, 3.63) is 58.5 Å². The summed E-state index contributed by atoms with van der Waals surface area (Å²) in [6.07, 6.45) is 3.73. The first-order valence-corrected chi connectivity index (χ1v) is 16.0. The van der Waals surface area contributed by atoms with Gasteiger partial charge in [-0.25, -0.2) is 13.9 Å². The highest BCUT2D eigenvalue weighted by Crippen LogP contribution is 2.48. The van der Waals surface area contributed by atoms with Gasteiger partial charge in [0.25, 0.3) is 0 Å². The van der Waals surface area contributed by atoms with E-state index in [0.29, 0.717) is 79.5 Å². The second-order valence-electron chi connectivity index (χ2n) is 12.1. The largest absolute Gasteiger partial charge is 0.391 e. The summed E-state index contributed by atoms with van der Waals surface area (Å²) in [4.78, 5) is 26.0. The molecule has 0 bridgehead atoms. The van der Waals surface area contributed by atoms with E-state index in [1.165, 1.54) is 17.5 Å². The Hall–Kier alpha value is -4.05. The third kappa shape index (κ3) is 5.40. The van der Waals surface area contributed by atoms with Crippen molar-refractivity contribution in [1.29, 1.82) is 5.26 Å². The Morgan fingerprint density at radius 3 is 2.57 bits per heavy atom. The van der Waals surface area contributed by atoms with Crippen molar-refractivity contribution in [3.63, 3.8) is 0 Å². The van der Waals surface area contributed by atoms with Crippen molar-refractivity contribution in [2.45, 2.75) is 38.2 Å². The Morgan fingerprint density at radius 2 is 1.91 bits per heavy atom. The smallest absolute Gasteiger partial charge is 0.236 e. The van der Waals surface area contributed by atoms with E-state index < -0.39 is 6.10 Å². The van der Waals surface area contributed by atoms with Crippen LogP contribution in [0.4, 0.5) is 20.9 Å². The fourth-order valence-corrected chi connectivity index (χ4v) is 7.07. The maximum Gasteiger partial charge on any atom is 0.236 e. The number of aryl methyl sites for hydroxylation is 1. The van der Waals surface area contributed by atoms with Crippen LogP contribution >= 0.6 is 11.3 Å². The predicted molar refractivity (Wildman–Crippen MR) is 168 cm³/mol. The lowest BCUT2D eigenvalue weighted by atomic mass is 10.1. The molecule has 44 heavy (non-hydrogen) atoms. The van der Waals surface area contributed by atoms with Gasteiger partial charge in [-0.2, -0.15) is 10.4 Å². The number of amides is 1. The standard InChI is InChI=1S/C32H35FN8O2S/c1-20-3-5-21(6-4-20)29-27(16-34)44-32(35-29)37(2)31-26-15-25(24(33)18-41(26)36-30(31)22-7-8-22)39-13-11-38(12-14-39)19-28(43)40-10-9-23(42)17-40/h3-6,15,18,22-23,42H,7-14,17,19H2,1-2H3/t23-/m1/s1. The molecular weight excluding hydrogens is 579 g/mol. The average Bonchev–Trinajstić information content (AvgIpc) is 3.45. The van der Waals surface area contributed by atoms with Gasteiger partial charge in [0.1, 0.15) is 16.6 Å². The Balaban J connectivity index is 1.16. The van der Waals surface area contributed by atoms with Gasteiger partial charge in [-0.15, -0.1) is 0 Å². The summed E-state index contributed by atoms with van der Waals surface area (Å²) in [5.74, 6) is 0.00727. The van der Waals surface area contributed by atoms with Gasteiger partial charge in [-0.3, -0.25) is 9.69 Å². The van der Waals surface area contributed by atoms with Crippen molar-refractivity contribution in [2.24, 2.45) is 0 Å². The van der Waals surface area contributed by atoms with Gasteiger partial charge >= 0.3 is 0 Å². The van der Waals surface area contributed by atoms with Gasteiger partial charge in [0, 0.05) is 57.8 Å². The molecule has 1 amide bonds. The van der Waals surface area contributed by atoms with Crippen molar-refractivity contribution in [1.82, 2.24) is 24.4 Å². The van der Waals surface area contributed by atoms with E-state index in [1.807, 2.05) is 54.1 Å². The number of carbonyl (C=O) groups excluding carboxylic acids is 1. The number of carbonyl (C=O) groups is 1. The highest BCUT2D eigenvalue weighted by atomic mass is 32.1. The summed E-state index contributed by atoms with van der Waals surface area (Å²) in [7, 11) is 1.94. The lowest BCUT2D eigenvalue weighted by molar-refractivity contribution is -0.131. The van der Waals surface area contributed by atoms with Gasteiger partial charge in [-0.1, -0.05) is 41.2 Å². The number of aliphatic hydroxyl groups excluding tert-OH is 1. The fraction of sp³-hybridized carbons (Fsp3) is 0.438. The SMILES string of the molecule is Cc1ccc(-c2nc(N(C)c3c(C4CC4)nn4cc(F)c(N5CCN(CC(=O)N6CC[C@@H](O)C6)CC5)cc34)sc2C#N)cc1. The summed E-state index contributed by atoms with van der Waals surface area (Å²) in [6, 6.07) is 12.2. The molecule has 228 valence electrons. The Labute approximate surface area is 259 Å². The number of rotatable bonds is 7. The molecule has 2 saturated heterocycles. The quantitative estimate of drug-likeness (QED) is 0.332. The van der Waals surface area contributed by atoms with E-state index in [-0.39, 0.29) is 11.7 Å². The minimum Gasteiger partial charge on any atom is -0.391 e. The number of anilines is 3. The van der Waals surface area contributed by atoms with Crippen LogP contribution in [0.2, 0.25) is 0 Å². The van der Waals surface area contributed by atoms with Crippen molar-refractivity contribution >= 4 is 39.3 Å². The zero-order valence-electron chi connectivity index (χ0n) is 24.9. The third-order valence-electron chi connectivity index (χ3n) is 8.92. The van der Waals surface area contributed by atoms with E-state index in [9.17, 15) is 15.2 Å². The number of β-amino-alcohol motifs (C(OH)–C–C–N with tert-alkyl or cyclic N) is 1. The number of nitriles is 1. The molecule has 12 heteroatoms. The zero-order valence-corrected chi connectivity index (χ0v) is 25.7. The number of aliphatic hydroxyl groups is 1. The molecule has 0 spiro atoms. The molecule has 3 fully saturated rings. The van der Waals surface area contributed by atoms with Crippen LogP contribution in [0.1, 0.15) is 41.3 Å². The van der Waals surface area contributed by atoms with E-state index in [4.69, 9.17) is 10.1 Å². The summed E-state index contributed by atoms with van der Waals surface area (Å²) >= 11 is 1.35. The van der Waals surface area contributed by atoms with Crippen LogP contribution in [0.5, 0.6) is 0 Å². The minimum absolute atomic E-state index is 0.0365. The molecule has 3 aliphatic rings. The normalized spacial score (nSPS) is 19.1. The summed E-state index contributed by atoms with van der Waals surface area (Å²) in [5, 5.41) is 25.2. The van der Waals surface area contributed by atoms with Crippen molar-refractivity contribution in [3.8, 4) is 17.3 Å². The lowest BCUT2D eigenvalue weighted by Gasteiger charge is -2.36. The maximum absolute atomic E-state index is 15.6. The van der Waals surface area contributed by atoms with Gasteiger partial charge in [-0.05, 0) is 32.3 Å². The highest BCUT2D eigenvalue weighted by Gasteiger charge is 2.34. The maximum atomic E-state index is 15.6. The lowest BCUT2D eigenvalue weighted by Crippen LogP contribution is -2.50. The number of benzene rings is 1. The number of likely N-dealkylation sites (tertiary alicyclic amines) is 1. The van der Waals surface area contributed by atoms with Crippen LogP contribution in [0.25, 0.3) is 16.8 Å². The van der Waals surface area contributed by atoms with Crippen molar-refractivity contribution < 1.29 is 14.3 Å². The molecule has 7 rings (SSSR count). The van der Waals surface area contributed by atoms with Crippen LogP contribution in [-0.2, 0) is 4.79 Å². The van der Waals surface area contributed by atoms with E-state index >= 15 is 4.39 Å². The zero-order chi connectivity index (χ0) is 30.5. The van der Waals surface area contributed by atoms with E-state index in [2.05, 4.69) is 11.0 Å². The molecule has 3 aromatic heterocycles. The third-order valence-corrected chi connectivity index (χ3v) is 9.95.